The normalized spacial score (nSPS) is 11.1. The summed E-state index contributed by atoms with van der Waals surface area (Å²) < 4.78 is 41.0. The van der Waals surface area contributed by atoms with Crippen molar-refractivity contribution >= 4 is 11.6 Å². The highest BCUT2D eigenvalue weighted by atomic mass is 19.4. The number of anilines is 1. The number of aryl methyl sites for hydroxylation is 2. The van der Waals surface area contributed by atoms with Crippen LogP contribution in [0.4, 0.5) is 18.9 Å². The first-order valence-corrected chi connectivity index (χ1v) is 6.49. The second kappa shape index (κ2) is 6.09. The predicted molar refractivity (Wildman–Crippen MR) is 77.0 cm³/mol. The van der Waals surface area contributed by atoms with Crippen LogP contribution in [0.25, 0.3) is 0 Å². The van der Waals surface area contributed by atoms with Gasteiger partial charge >= 0.3 is 6.36 Å². The Kier molecular flexibility index (Phi) is 4.40. The van der Waals surface area contributed by atoms with Gasteiger partial charge in [-0.2, -0.15) is 0 Å². The topological polar surface area (TPSA) is 38.3 Å². The number of hydrogen-bond donors (Lipinski definition) is 1. The van der Waals surface area contributed by atoms with Crippen LogP contribution in [0.15, 0.2) is 42.5 Å². The van der Waals surface area contributed by atoms with Crippen LogP contribution in [-0.4, -0.2) is 12.3 Å². The van der Waals surface area contributed by atoms with E-state index in [9.17, 15) is 18.0 Å². The number of halogens is 3. The van der Waals surface area contributed by atoms with Crippen LogP contribution in [0, 0.1) is 13.8 Å². The van der Waals surface area contributed by atoms with Crippen LogP contribution < -0.4 is 10.1 Å². The van der Waals surface area contributed by atoms with Gasteiger partial charge in [0.15, 0.2) is 5.75 Å². The summed E-state index contributed by atoms with van der Waals surface area (Å²) in [6.07, 6.45) is -4.82. The molecule has 0 heterocycles. The van der Waals surface area contributed by atoms with Gasteiger partial charge in [-0.15, -0.1) is 13.2 Å². The van der Waals surface area contributed by atoms with Gasteiger partial charge in [0.05, 0.1) is 5.69 Å². The summed E-state index contributed by atoms with van der Waals surface area (Å²) in [6.45, 7) is 3.68. The Hall–Kier alpha value is -2.50. The molecule has 0 saturated heterocycles. The van der Waals surface area contributed by atoms with Crippen molar-refractivity contribution in [2.75, 3.05) is 5.32 Å². The molecule has 1 amide bonds. The van der Waals surface area contributed by atoms with Crippen molar-refractivity contribution in [1.82, 2.24) is 0 Å². The fraction of sp³-hybridized carbons (Fsp3) is 0.188. The molecule has 3 nitrogen and oxygen atoms in total. The molecular weight excluding hydrogens is 295 g/mol. The van der Waals surface area contributed by atoms with Gasteiger partial charge in [0.2, 0.25) is 0 Å². The summed E-state index contributed by atoms with van der Waals surface area (Å²) in [7, 11) is 0. The van der Waals surface area contributed by atoms with Gasteiger partial charge in [0.1, 0.15) is 0 Å². The lowest BCUT2D eigenvalue weighted by Crippen LogP contribution is -2.19. The number of carbonyl (C=O) groups excluding carboxylic acids is 1. The molecular formula is C16H14F3NO2. The number of carbonyl (C=O) groups is 1. The molecule has 0 aliphatic heterocycles. The van der Waals surface area contributed by atoms with E-state index in [0.29, 0.717) is 5.56 Å². The Bertz CT molecular complexity index is 676. The minimum absolute atomic E-state index is 0.0380. The molecule has 0 saturated carbocycles. The molecule has 0 aliphatic rings. The maximum atomic E-state index is 12.4. The Morgan fingerprint density at radius 2 is 1.64 bits per heavy atom. The summed E-state index contributed by atoms with van der Waals surface area (Å²) in [5.41, 5.74) is 2.12. The van der Waals surface area contributed by atoms with E-state index in [4.69, 9.17) is 0 Å². The number of ether oxygens (including phenoxy) is 1. The lowest BCUT2D eigenvalue weighted by Gasteiger charge is -2.14. The molecule has 0 spiro atoms. The highest BCUT2D eigenvalue weighted by molar-refractivity contribution is 6.05. The molecule has 0 atom stereocenters. The van der Waals surface area contributed by atoms with E-state index in [1.165, 1.54) is 18.2 Å². The monoisotopic (exact) mass is 309 g/mol. The van der Waals surface area contributed by atoms with Gasteiger partial charge in [-0.1, -0.05) is 29.3 Å². The van der Waals surface area contributed by atoms with Crippen LogP contribution in [0.1, 0.15) is 21.5 Å². The van der Waals surface area contributed by atoms with Crippen LogP contribution in [0.2, 0.25) is 0 Å². The molecule has 22 heavy (non-hydrogen) atoms. The van der Waals surface area contributed by atoms with Gasteiger partial charge < -0.3 is 10.1 Å². The first-order chi connectivity index (χ1) is 10.2. The van der Waals surface area contributed by atoms with E-state index in [2.05, 4.69) is 10.1 Å². The number of benzene rings is 2. The maximum Gasteiger partial charge on any atom is 0.573 e. The zero-order chi connectivity index (χ0) is 16.3. The minimum atomic E-state index is -4.82. The highest BCUT2D eigenvalue weighted by Crippen LogP contribution is 2.30. The van der Waals surface area contributed by atoms with E-state index < -0.39 is 18.0 Å². The molecule has 116 valence electrons. The molecule has 0 radical (unpaired) electrons. The minimum Gasteiger partial charge on any atom is -0.404 e. The Labute approximate surface area is 125 Å². The first kappa shape index (κ1) is 15.9. The third-order valence-electron chi connectivity index (χ3n) is 2.84. The molecule has 2 aromatic rings. The number of alkyl halides is 3. The van der Waals surface area contributed by atoms with E-state index in [-0.39, 0.29) is 5.69 Å². The summed E-state index contributed by atoms with van der Waals surface area (Å²) >= 11 is 0. The van der Waals surface area contributed by atoms with Crippen molar-refractivity contribution in [2.45, 2.75) is 20.2 Å². The second-order valence-electron chi connectivity index (χ2n) is 4.87. The van der Waals surface area contributed by atoms with Crippen LogP contribution >= 0.6 is 0 Å². The van der Waals surface area contributed by atoms with Gasteiger partial charge in [-0.05, 0) is 38.1 Å². The fourth-order valence-electron chi connectivity index (χ4n) is 2.08. The second-order valence-corrected chi connectivity index (χ2v) is 4.87. The molecule has 0 bridgehead atoms. The molecule has 0 aromatic heterocycles. The van der Waals surface area contributed by atoms with Crippen LogP contribution in [0.5, 0.6) is 5.75 Å². The number of nitrogens with one attached hydrogen (secondary N) is 1. The van der Waals surface area contributed by atoms with E-state index in [1.54, 1.807) is 12.1 Å². The summed E-state index contributed by atoms with van der Waals surface area (Å²) in [5, 5.41) is 2.44. The van der Waals surface area contributed by atoms with Crippen molar-refractivity contribution < 1.29 is 22.7 Å². The zero-order valence-corrected chi connectivity index (χ0v) is 12.0. The van der Waals surface area contributed by atoms with Gasteiger partial charge in [0, 0.05) is 5.56 Å². The number of amides is 1. The Morgan fingerprint density at radius 1 is 1.05 bits per heavy atom. The third-order valence-corrected chi connectivity index (χ3v) is 2.84. The lowest BCUT2D eigenvalue weighted by atomic mass is 10.1. The summed E-state index contributed by atoms with van der Waals surface area (Å²) in [6, 6.07) is 10.6. The van der Waals surface area contributed by atoms with E-state index >= 15 is 0 Å². The molecule has 0 aliphatic carbocycles. The summed E-state index contributed by atoms with van der Waals surface area (Å²) in [4.78, 5) is 12.2. The molecule has 2 rings (SSSR count). The number of para-hydroxylation sites is 2. The van der Waals surface area contributed by atoms with Gasteiger partial charge in [-0.25, -0.2) is 0 Å². The smallest absolute Gasteiger partial charge is 0.404 e. The Balaban J connectivity index is 2.25. The van der Waals surface area contributed by atoms with Crippen molar-refractivity contribution in [2.24, 2.45) is 0 Å². The maximum absolute atomic E-state index is 12.4. The van der Waals surface area contributed by atoms with Crippen molar-refractivity contribution in [3.05, 3.63) is 59.2 Å². The van der Waals surface area contributed by atoms with Crippen LogP contribution in [0.3, 0.4) is 0 Å². The first-order valence-electron chi connectivity index (χ1n) is 6.49. The van der Waals surface area contributed by atoms with Gasteiger partial charge in [-0.3, -0.25) is 4.79 Å². The highest BCUT2D eigenvalue weighted by Gasteiger charge is 2.32. The van der Waals surface area contributed by atoms with Crippen molar-refractivity contribution in [3.8, 4) is 5.75 Å². The predicted octanol–water partition coefficient (Wildman–Crippen LogP) is 4.45. The number of rotatable bonds is 3. The third kappa shape index (κ3) is 4.25. The SMILES string of the molecule is Cc1cc(C)cc(C(=O)Nc2ccccc2OC(F)(F)F)c1. The molecule has 2 aromatic carbocycles. The number of hydrogen-bond acceptors (Lipinski definition) is 2. The van der Waals surface area contributed by atoms with E-state index in [1.807, 2.05) is 19.9 Å². The van der Waals surface area contributed by atoms with Crippen molar-refractivity contribution in [3.63, 3.8) is 0 Å². The standard InChI is InChI=1S/C16H14F3NO2/c1-10-7-11(2)9-12(8-10)15(21)20-13-5-3-4-6-14(13)22-16(17,18)19/h3-9H,1-2H3,(H,20,21). The van der Waals surface area contributed by atoms with E-state index in [0.717, 1.165) is 17.2 Å². The molecule has 0 unspecified atom stereocenters. The zero-order valence-electron chi connectivity index (χ0n) is 12.0. The summed E-state index contributed by atoms with van der Waals surface area (Å²) in [5.74, 6) is -0.947. The average Bonchev–Trinajstić information content (AvgIpc) is 2.38. The largest absolute Gasteiger partial charge is 0.573 e. The molecule has 0 fully saturated rings. The van der Waals surface area contributed by atoms with Crippen molar-refractivity contribution in [1.29, 1.82) is 0 Å². The van der Waals surface area contributed by atoms with Gasteiger partial charge in [0.25, 0.3) is 5.91 Å². The van der Waals surface area contributed by atoms with Crippen LogP contribution in [-0.2, 0) is 0 Å². The Morgan fingerprint density at radius 3 is 2.23 bits per heavy atom. The average molecular weight is 309 g/mol. The molecule has 6 heteroatoms. The molecule has 1 N–H and O–H groups in total. The fourth-order valence-corrected chi connectivity index (χ4v) is 2.08. The lowest BCUT2D eigenvalue weighted by molar-refractivity contribution is -0.274. The quantitative estimate of drug-likeness (QED) is 0.909.